The SMILES string of the molecule is CCc1cccc(CNCC(OC(=O)c2cc3ccccc3n2C)C(N)Cc2cc(F)cc(F)c2)c1. The molecule has 1 aromatic heterocycles. The number of fused-ring (bicyclic) bond motifs is 1. The maximum absolute atomic E-state index is 13.7. The van der Waals surface area contributed by atoms with Crippen molar-refractivity contribution in [3.63, 3.8) is 0 Å². The number of ether oxygens (including phenoxy) is 1. The van der Waals surface area contributed by atoms with Crippen LogP contribution in [0.5, 0.6) is 0 Å². The number of carbonyl (C=O) groups is 1. The second kappa shape index (κ2) is 11.5. The van der Waals surface area contributed by atoms with Gasteiger partial charge in [-0.15, -0.1) is 0 Å². The highest BCUT2D eigenvalue weighted by atomic mass is 19.1. The highest BCUT2D eigenvalue weighted by Gasteiger charge is 2.25. The van der Waals surface area contributed by atoms with Gasteiger partial charge in [0.25, 0.3) is 0 Å². The lowest BCUT2D eigenvalue weighted by atomic mass is 10.0. The van der Waals surface area contributed by atoms with Crippen LogP contribution in [0.1, 0.15) is 34.1 Å². The summed E-state index contributed by atoms with van der Waals surface area (Å²) in [5, 5.41) is 4.26. The molecule has 5 nitrogen and oxygen atoms in total. The van der Waals surface area contributed by atoms with Gasteiger partial charge in [-0.05, 0) is 53.8 Å². The summed E-state index contributed by atoms with van der Waals surface area (Å²) in [4.78, 5) is 13.2. The minimum absolute atomic E-state index is 0.148. The number of rotatable bonds is 10. The molecular weight excluding hydrogens is 460 g/mol. The zero-order chi connectivity index (χ0) is 25.7. The molecule has 0 aliphatic carbocycles. The van der Waals surface area contributed by atoms with E-state index < -0.39 is 29.7 Å². The van der Waals surface area contributed by atoms with E-state index in [4.69, 9.17) is 10.5 Å². The van der Waals surface area contributed by atoms with Crippen molar-refractivity contribution in [1.82, 2.24) is 9.88 Å². The van der Waals surface area contributed by atoms with Crippen LogP contribution < -0.4 is 11.1 Å². The minimum atomic E-state index is -0.726. The largest absolute Gasteiger partial charge is 0.455 e. The van der Waals surface area contributed by atoms with Gasteiger partial charge in [-0.2, -0.15) is 0 Å². The number of hydrogen-bond donors (Lipinski definition) is 2. The van der Waals surface area contributed by atoms with Crippen molar-refractivity contribution in [3.8, 4) is 0 Å². The maximum atomic E-state index is 13.7. The molecule has 36 heavy (non-hydrogen) atoms. The Morgan fingerprint density at radius 1 is 0.972 bits per heavy atom. The molecule has 0 amide bonds. The molecule has 0 radical (unpaired) electrons. The average Bonchev–Trinajstić information content (AvgIpc) is 3.19. The summed E-state index contributed by atoms with van der Waals surface area (Å²) in [6.45, 7) is 2.95. The molecule has 0 bridgehead atoms. The molecule has 4 aromatic rings. The summed E-state index contributed by atoms with van der Waals surface area (Å²) in [5.41, 5.74) is 10.5. The van der Waals surface area contributed by atoms with Gasteiger partial charge in [0.1, 0.15) is 23.4 Å². The third-order valence-corrected chi connectivity index (χ3v) is 6.36. The van der Waals surface area contributed by atoms with Gasteiger partial charge < -0.3 is 20.4 Å². The van der Waals surface area contributed by atoms with Crippen molar-refractivity contribution in [2.45, 2.75) is 38.5 Å². The highest BCUT2D eigenvalue weighted by molar-refractivity contribution is 5.95. The summed E-state index contributed by atoms with van der Waals surface area (Å²) in [6.07, 6.45) is 0.360. The number of aryl methyl sites for hydroxylation is 2. The number of aromatic nitrogens is 1. The molecule has 0 spiro atoms. The molecule has 2 unspecified atom stereocenters. The quantitative estimate of drug-likeness (QED) is 0.310. The Kier molecular flexibility index (Phi) is 8.13. The average molecular weight is 492 g/mol. The minimum Gasteiger partial charge on any atom is -0.455 e. The standard InChI is InChI=1S/C29H31F2N3O2/c1-3-19-7-6-8-20(11-19)17-33-18-28(25(32)14-21-12-23(30)16-24(31)13-21)36-29(35)27-15-22-9-4-5-10-26(22)34(27)2/h4-13,15-16,25,28,33H,3,14,17-18,32H2,1-2H3. The van der Waals surface area contributed by atoms with Gasteiger partial charge in [0.15, 0.2) is 0 Å². The van der Waals surface area contributed by atoms with E-state index in [0.29, 0.717) is 17.8 Å². The van der Waals surface area contributed by atoms with E-state index in [1.54, 1.807) is 10.6 Å². The van der Waals surface area contributed by atoms with Gasteiger partial charge >= 0.3 is 5.97 Å². The molecule has 0 saturated carbocycles. The highest BCUT2D eigenvalue weighted by Crippen LogP contribution is 2.20. The summed E-state index contributed by atoms with van der Waals surface area (Å²) in [6, 6.07) is 20.3. The summed E-state index contributed by atoms with van der Waals surface area (Å²) >= 11 is 0. The monoisotopic (exact) mass is 491 g/mol. The zero-order valence-electron chi connectivity index (χ0n) is 20.5. The number of halogens is 2. The van der Waals surface area contributed by atoms with E-state index in [1.807, 2.05) is 43.4 Å². The third kappa shape index (κ3) is 6.17. The van der Waals surface area contributed by atoms with Gasteiger partial charge in [-0.25, -0.2) is 13.6 Å². The third-order valence-electron chi connectivity index (χ3n) is 6.36. The number of hydrogen-bond acceptors (Lipinski definition) is 4. The summed E-state index contributed by atoms with van der Waals surface area (Å²) in [5.74, 6) is -1.85. The Morgan fingerprint density at radius 3 is 2.42 bits per heavy atom. The van der Waals surface area contributed by atoms with E-state index in [2.05, 4.69) is 24.4 Å². The van der Waals surface area contributed by atoms with E-state index >= 15 is 0 Å². The van der Waals surface area contributed by atoms with Crippen molar-refractivity contribution < 1.29 is 18.3 Å². The number of nitrogens with zero attached hydrogens (tertiary/aromatic N) is 1. The Labute approximate surface area is 209 Å². The zero-order valence-corrected chi connectivity index (χ0v) is 20.5. The Balaban J connectivity index is 1.51. The second-order valence-corrected chi connectivity index (χ2v) is 9.04. The summed E-state index contributed by atoms with van der Waals surface area (Å²) in [7, 11) is 1.81. The van der Waals surface area contributed by atoms with Crippen molar-refractivity contribution in [1.29, 1.82) is 0 Å². The molecule has 2 atom stereocenters. The van der Waals surface area contributed by atoms with E-state index in [-0.39, 0.29) is 13.0 Å². The van der Waals surface area contributed by atoms with Crippen LogP contribution in [0.3, 0.4) is 0 Å². The van der Waals surface area contributed by atoms with E-state index in [1.165, 1.54) is 17.7 Å². The van der Waals surface area contributed by atoms with Crippen LogP contribution in [0, 0.1) is 11.6 Å². The molecule has 3 N–H and O–H groups in total. The van der Waals surface area contributed by atoms with Crippen LogP contribution in [-0.4, -0.2) is 29.2 Å². The Hall–Kier alpha value is -3.55. The van der Waals surface area contributed by atoms with Crippen LogP contribution in [-0.2, 0) is 31.2 Å². The summed E-state index contributed by atoms with van der Waals surface area (Å²) < 4.78 is 35.1. The lowest BCUT2D eigenvalue weighted by Crippen LogP contribution is -2.46. The van der Waals surface area contributed by atoms with Crippen molar-refractivity contribution >= 4 is 16.9 Å². The fraction of sp³-hybridized carbons (Fsp3) is 0.276. The predicted octanol–water partition coefficient (Wildman–Crippen LogP) is 4.90. The van der Waals surface area contributed by atoms with Crippen LogP contribution in [0.25, 0.3) is 10.9 Å². The van der Waals surface area contributed by atoms with Crippen molar-refractivity contribution in [2.24, 2.45) is 12.8 Å². The first-order chi connectivity index (χ1) is 17.3. The lowest BCUT2D eigenvalue weighted by Gasteiger charge is -2.25. The molecule has 4 rings (SSSR count). The van der Waals surface area contributed by atoms with Crippen LogP contribution in [0.2, 0.25) is 0 Å². The number of nitrogens with two attached hydrogens (primary N) is 1. The Bertz CT molecular complexity index is 1330. The molecule has 0 fully saturated rings. The van der Waals surface area contributed by atoms with Crippen LogP contribution in [0.15, 0.2) is 72.8 Å². The number of esters is 1. The van der Waals surface area contributed by atoms with Gasteiger partial charge in [0, 0.05) is 43.1 Å². The first-order valence-corrected chi connectivity index (χ1v) is 12.1. The molecular formula is C29H31F2N3O2. The topological polar surface area (TPSA) is 69.3 Å². The Morgan fingerprint density at radius 2 is 1.69 bits per heavy atom. The van der Waals surface area contributed by atoms with Crippen LogP contribution >= 0.6 is 0 Å². The lowest BCUT2D eigenvalue weighted by molar-refractivity contribution is 0.0228. The van der Waals surface area contributed by atoms with Gasteiger partial charge in [0.05, 0.1) is 0 Å². The molecule has 7 heteroatoms. The fourth-order valence-electron chi connectivity index (χ4n) is 4.41. The number of nitrogens with one attached hydrogen (secondary N) is 1. The van der Waals surface area contributed by atoms with Gasteiger partial charge in [-0.3, -0.25) is 0 Å². The normalized spacial score (nSPS) is 13.0. The van der Waals surface area contributed by atoms with Crippen molar-refractivity contribution in [3.05, 3.63) is 107 Å². The van der Waals surface area contributed by atoms with Crippen molar-refractivity contribution in [2.75, 3.05) is 6.54 Å². The number of benzene rings is 3. The van der Waals surface area contributed by atoms with E-state index in [0.717, 1.165) is 29.0 Å². The first kappa shape index (κ1) is 25.5. The number of carbonyl (C=O) groups excluding carboxylic acids is 1. The molecule has 0 aliphatic rings. The molecule has 3 aromatic carbocycles. The fourth-order valence-corrected chi connectivity index (χ4v) is 4.41. The van der Waals surface area contributed by atoms with Gasteiger partial charge in [-0.1, -0.05) is 49.4 Å². The molecule has 0 aliphatic heterocycles. The first-order valence-electron chi connectivity index (χ1n) is 12.1. The smallest absolute Gasteiger partial charge is 0.355 e. The maximum Gasteiger partial charge on any atom is 0.355 e. The van der Waals surface area contributed by atoms with E-state index in [9.17, 15) is 13.6 Å². The molecule has 1 heterocycles. The second-order valence-electron chi connectivity index (χ2n) is 9.04. The van der Waals surface area contributed by atoms with Gasteiger partial charge in [0.2, 0.25) is 0 Å². The van der Waals surface area contributed by atoms with Crippen LogP contribution in [0.4, 0.5) is 8.78 Å². The predicted molar refractivity (Wildman–Crippen MR) is 138 cm³/mol. The molecule has 188 valence electrons. The molecule has 0 saturated heterocycles. The number of para-hydroxylation sites is 1.